The molecule has 0 aromatic carbocycles. The molecule has 0 bridgehead atoms. The molecule has 32 heavy (non-hydrogen) atoms. The summed E-state index contributed by atoms with van der Waals surface area (Å²) in [6.45, 7) is 20.1. The Balaban J connectivity index is 2.07. The highest BCUT2D eigenvalue weighted by Crippen LogP contribution is 2.49. The van der Waals surface area contributed by atoms with Crippen molar-refractivity contribution in [3.63, 3.8) is 0 Å². The molecule has 2 N–H and O–H groups in total. The highest BCUT2D eigenvalue weighted by atomic mass is 28.5. The van der Waals surface area contributed by atoms with E-state index < -0.39 is 29.0 Å². The van der Waals surface area contributed by atoms with Crippen molar-refractivity contribution in [2.24, 2.45) is 5.92 Å². The van der Waals surface area contributed by atoms with E-state index in [4.69, 9.17) is 23.4 Å². The van der Waals surface area contributed by atoms with Crippen LogP contribution in [0.15, 0.2) is 17.1 Å². The number of rotatable bonds is 5. The van der Waals surface area contributed by atoms with Gasteiger partial charge in [-0.3, -0.25) is 4.57 Å². The van der Waals surface area contributed by atoms with Crippen molar-refractivity contribution in [3.8, 4) is 0 Å². The van der Waals surface area contributed by atoms with Crippen LogP contribution in [0.25, 0.3) is 0 Å². The maximum atomic E-state index is 12.6. The highest BCUT2D eigenvalue weighted by molar-refractivity contribution is 6.83. The lowest BCUT2D eigenvalue weighted by Gasteiger charge is -2.51. The van der Waals surface area contributed by atoms with Crippen molar-refractivity contribution in [1.82, 2.24) is 9.55 Å². The fourth-order valence-corrected chi connectivity index (χ4v) is 16.6. The Bertz CT molecular complexity index is 844. The number of hydrogen-bond acceptors (Lipinski definition) is 7. The average Bonchev–Trinajstić information content (AvgIpc) is 2.96. The Morgan fingerprint density at radius 2 is 1.59 bits per heavy atom. The molecular formula is C22H41N3O5Si2. The van der Waals surface area contributed by atoms with E-state index in [9.17, 15) is 4.79 Å². The van der Waals surface area contributed by atoms with Crippen LogP contribution in [0.2, 0.25) is 22.2 Å². The third-order valence-corrected chi connectivity index (χ3v) is 17.4. The molecule has 0 spiro atoms. The van der Waals surface area contributed by atoms with E-state index in [0.717, 1.165) is 0 Å². The van der Waals surface area contributed by atoms with Crippen LogP contribution >= 0.6 is 0 Å². The van der Waals surface area contributed by atoms with Crippen LogP contribution in [0.5, 0.6) is 0 Å². The van der Waals surface area contributed by atoms with Gasteiger partial charge in [-0.05, 0) is 28.2 Å². The third-order valence-electron chi connectivity index (χ3n) is 7.11. The first-order valence-corrected chi connectivity index (χ1v) is 15.8. The van der Waals surface area contributed by atoms with Crippen LogP contribution in [0.4, 0.5) is 5.82 Å². The monoisotopic (exact) mass is 483 g/mol. The summed E-state index contributed by atoms with van der Waals surface area (Å²) in [6, 6.07) is 1.62. The highest BCUT2D eigenvalue weighted by Gasteiger charge is 2.61. The standard InChI is InChI=1S/C22H41N3O5Si2/c1-13(2)31(14(3)4)27-12-18-20(29-32(30-31,15(5)6)16(7)8)17(9)21(28-18)25-11-10-19(23)24-22(25)26/h10-11,13-18,20-21H,12H2,1-9H3,(H2,23,24,26)/t17?,18-,20+,21-/m1/s1. The van der Waals surface area contributed by atoms with E-state index in [2.05, 4.69) is 67.3 Å². The zero-order valence-corrected chi connectivity index (χ0v) is 23.0. The van der Waals surface area contributed by atoms with Crippen LogP contribution in [-0.4, -0.2) is 45.5 Å². The SMILES string of the molecule is CC1[C@H](n2ccc(N)nc2=O)O[C@@H]2CO[Si](C(C)C)(C(C)C)O[Si](C(C)C)(C(C)C)O[C@@H]12. The molecule has 3 rings (SSSR count). The van der Waals surface area contributed by atoms with Crippen molar-refractivity contribution < 1.29 is 17.7 Å². The van der Waals surface area contributed by atoms with Gasteiger partial charge in [-0.1, -0.05) is 62.3 Å². The van der Waals surface area contributed by atoms with Crippen LogP contribution in [-0.2, 0) is 17.7 Å². The molecule has 0 amide bonds. The lowest BCUT2D eigenvalue weighted by atomic mass is 10.0. The van der Waals surface area contributed by atoms with Crippen molar-refractivity contribution in [2.45, 2.75) is 103 Å². The molecule has 1 unspecified atom stereocenters. The van der Waals surface area contributed by atoms with Gasteiger partial charge in [0.05, 0.1) is 12.7 Å². The van der Waals surface area contributed by atoms with Crippen molar-refractivity contribution in [3.05, 3.63) is 22.7 Å². The third kappa shape index (κ3) is 4.25. The minimum atomic E-state index is -2.73. The molecule has 2 aliphatic heterocycles. The summed E-state index contributed by atoms with van der Waals surface area (Å²) >= 11 is 0. The topological polar surface area (TPSA) is 97.8 Å². The van der Waals surface area contributed by atoms with Gasteiger partial charge in [0.2, 0.25) is 0 Å². The number of fused-ring (bicyclic) bond motifs is 1. The first-order valence-electron chi connectivity index (χ1n) is 11.9. The molecule has 0 aliphatic carbocycles. The molecule has 2 fully saturated rings. The predicted molar refractivity (Wildman–Crippen MR) is 130 cm³/mol. The van der Waals surface area contributed by atoms with Gasteiger partial charge in [0.25, 0.3) is 0 Å². The van der Waals surface area contributed by atoms with Crippen LogP contribution in [0.3, 0.4) is 0 Å². The van der Waals surface area contributed by atoms with Gasteiger partial charge in [-0.15, -0.1) is 0 Å². The Labute approximate surface area is 194 Å². The number of hydrogen-bond donors (Lipinski definition) is 1. The first kappa shape index (κ1) is 25.6. The summed E-state index contributed by atoms with van der Waals surface area (Å²) < 4.78 is 29.1. The summed E-state index contributed by atoms with van der Waals surface area (Å²) in [7, 11) is -5.35. The van der Waals surface area contributed by atoms with E-state index in [1.54, 1.807) is 12.3 Å². The van der Waals surface area contributed by atoms with Gasteiger partial charge in [-0.2, -0.15) is 4.98 Å². The van der Waals surface area contributed by atoms with E-state index in [-0.39, 0.29) is 46.1 Å². The number of anilines is 1. The number of aromatic nitrogens is 2. The van der Waals surface area contributed by atoms with Crippen LogP contribution in [0.1, 0.15) is 68.5 Å². The smallest absolute Gasteiger partial charge is 0.351 e. The summed E-state index contributed by atoms with van der Waals surface area (Å²) in [5.41, 5.74) is 6.29. The fourth-order valence-electron chi connectivity index (χ4n) is 5.28. The van der Waals surface area contributed by atoms with Crippen molar-refractivity contribution >= 4 is 22.9 Å². The van der Waals surface area contributed by atoms with E-state index in [0.29, 0.717) is 6.61 Å². The second kappa shape index (κ2) is 9.30. The van der Waals surface area contributed by atoms with Gasteiger partial charge in [0, 0.05) is 12.1 Å². The molecule has 4 atom stereocenters. The summed E-state index contributed by atoms with van der Waals surface area (Å²) in [6.07, 6.45) is 0.649. The molecule has 0 saturated carbocycles. The lowest BCUT2D eigenvalue weighted by Crippen LogP contribution is -2.65. The van der Waals surface area contributed by atoms with Gasteiger partial charge in [-0.25, -0.2) is 4.79 Å². The molecule has 2 aliphatic rings. The number of nitrogen functional groups attached to an aromatic ring is 1. The first-order chi connectivity index (χ1) is 14.9. The van der Waals surface area contributed by atoms with Crippen molar-refractivity contribution in [2.75, 3.05) is 12.3 Å². The predicted octanol–water partition coefficient (Wildman–Crippen LogP) is 4.32. The quantitative estimate of drug-likeness (QED) is 0.623. The van der Waals surface area contributed by atoms with Gasteiger partial charge < -0.3 is 23.4 Å². The van der Waals surface area contributed by atoms with Crippen molar-refractivity contribution in [1.29, 1.82) is 0 Å². The van der Waals surface area contributed by atoms with Gasteiger partial charge >= 0.3 is 22.8 Å². The Morgan fingerprint density at radius 3 is 2.09 bits per heavy atom. The van der Waals surface area contributed by atoms with E-state index >= 15 is 0 Å². The van der Waals surface area contributed by atoms with E-state index in [1.165, 1.54) is 4.57 Å². The Morgan fingerprint density at radius 1 is 1.03 bits per heavy atom. The second-order valence-electron chi connectivity index (χ2n) is 10.5. The minimum Gasteiger partial charge on any atom is -0.414 e. The van der Waals surface area contributed by atoms with Crippen LogP contribution < -0.4 is 11.4 Å². The fraction of sp³-hybridized carbons (Fsp3) is 0.818. The molecule has 10 heteroatoms. The average molecular weight is 484 g/mol. The number of nitrogens with zero attached hydrogens (tertiary/aromatic N) is 2. The maximum absolute atomic E-state index is 12.6. The molecule has 1 aromatic rings. The van der Waals surface area contributed by atoms with Gasteiger partial charge in [0.15, 0.2) is 0 Å². The number of ether oxygens (including phenoxy) is 1. The summed E-state index contributed by atoms with van der Waals surface area (Å²) in [5.74, 6) is 0.124. The normalized spacial score (nSPS) is 30.0. The summed E-state index contributed by atoms with van der Waals surface area (Å²) in [5, 5.41) is 0. The lowest BCUT2D eigenvalue weighted by molar-refractivity contribution is -0.0572. The summed E-state index contributed by atoms with van der Waals surface area (Å²) in [4.78, 5) is 16.4. The van der Waals surface area contributed by atoms with Crippen LogP contribution in [0, 0.1) is 5.92 Å². The molecule has 1 aromatic heterocycles. The van der Waals surface area contributed by atoms with Gasteiger partial charge in [0.1, 0.15) is 18.1 Å². The molecule has 2 saturated heterocycles. The zero-order valence-electron chi connectivity index (χ0n) is 21.0. The molecule has 8 nitrogen and oxygen atoms in total. The number of nitrogens with two attached hydrogens (primary N) is 1. The Kier molecular flexibility index (Phi) is 7.44. The largest absolute Gasteiger partial charge is 0.414 e. The molecule has 0 radical (unpaired) electrons. The maximum Gasteiger partial charge on any atom is 0.351 e. The molecule has 3 heterocycles. The zero-order chi connectivity index (χ0) is 24.0. The molecular weight excluding hydrogens is 442 g/mol. The molecule has 182 valence electrons. The minimum absolute atomic E-state index is 0.0769. The Hall–Kier alpha value is -1.05. The second-order valence-corrected chi connectivity index (χ2v) is 19.4. The van der Waals surface area contributed by atoms with E-state index in [1.807, 2.05) is 0 Å².